The van der Waals surface area contributed by atoms with Crippen LogP contribution < -0.4 is 0 Å². The van der Waals surface area contributed by atoms with E-state index in [0.717, 1.165) is 5.01 Å². The molecule has 82 valence electrons. The average Bonchev–Trinajstić information content (AvgIpc) is 2.81. The van der Waals surface area contributed by atoms with Gasteiger partial charge in [0.2, 0.25) is 0 Å². The second-order valence-corrected chi connectivity index (χ2v) is 4.47. The molecule has 0 amide bonds. The molecule has 1 aromatic heterocycles. The van der Waals surface area contributed by atoms with E-state index in [-0.39, 0.29) is 11.1 Å². The van der Waals surface area contributed by atoms with Crippen LogP contribution in [0.15, 0.2) is 23.6 Å². The summed E-state index contributed by atoms with van der Waals surface area (Å²) in [7, 11) is 0. The Hall–Kier alpha value is -2.10. The van der Waals surface area contributed by atoms with Gasteiger partial charge in [-0.1, -0.05) is 5.92 Å². The summed E-state index contributed by atoms with van der Waals surface area (Å²) in [4.78, 5) is 4.21. The molecule has 3 heteroatoms. The molecule has 2 aromatic rings. The van der Waals surface area contributed by atoms with Gasteiger partial charge in [0.15, 0.2) is 0 Å². The maximum absolute atomic E-state index is 8.95. The number of benzene rings is 1. The maximum atomic E-state index is 8.95. The van der Waals surface area contributed by atoms with Gasteiger partial charge < -0.3 is 0 Å². The minimum Gasteiger partial charge on any atom is -0.233 e. The van der Waals surface area contributed by atoms with Gasteiger partial charge in [0.1, 0.15) is 5.69 Å². The number of aryl methyl sites for hydroxylation is 2. The molecule has 0 saturated heterocycles. The highest BCUT2D eigenvalue weighted by atomic mass is 32.1. The Kier molecular flexibility index (Phi) is 2.29. The van der Waals surface area contributed by atoms with Crippen molar-refractivity contribution < 1.29 is 4.11 Å². The highest BCUT2D eigenvalue weighted by Gasteiger charge is 1.96. The Morgan fingerprint density at radius 2 is 2.12 bits per heavy atom. The van der Waals surface area contributed by atoms with Gasteiger partial charge in [-0.05, 0) is 43.5 Å². The third-order valence-corrected chi connectivity index (χ3v) is 2.79. The molecule has 0 atom stereocenters. The molecule has 2 nitrogen and oxygen atoms in total. The van der Waals surface area contributed by atoms with E-state index in [9.17, 15) is 0 Å². The van der Waals surface area contributed by atoms with Gasteiger partial charge in [-0.25, -0.2) is 4.98 Å². The molecule has 1 aromatic carbocycles. The van der Waals surface area contributed by atoms with E-state index in [1.54, 1.807) is 6.07 Å². The van der Waals surface area contributed by atoms with Crippen molar-refractivity contribution in [3.63, 3.8) is 0 Å². The Morgan fingerprint density at radius 1 is 1.29 bits per heavy atom. The Balaban J connectivity index is 2.43. The van der Waals surface area contributed by atoms with Crippen molar-refractivity contribution in [1.82, 2.24) is 4.98 Å². The zero-order chi connectivity index (χ0) is 14.8. The molecule has 0 aliphatic heterocycles. The summed E-state index contributed by atoms with van der Waals surface area (Å²) in [6, 6.07) is 6.37. The summed E-state index contributed by atoms with van der Waals surface area (Å²) in [5, 5.41) is 11.7. The monoisotopic (exact) mass is 244 g/mol. The van der Waals surface area contributed by atoms with Crippen LogP contribution in [0, 0.1) is 36.9 Å². The van der Waals surface area contributed by atoms with E-state index in [1.807, 2.05) is 18.4 Å². The van der Waals surface area contributed by atoms with Crippen LogP contribution in [0.1, 0.15) is 31.5 Å². The molecule has 0 bridgehead atoms. The third-order valence-electron chi connectivity index (χ3n) is 2.02. The van der Waals surface area contributed by atoms with Crippen LogP contribution in [-0.2, 0) is 0 Å². The molecule has 0 spiro atoms. The van der Waals surface area contributed by atoms with Crippen LogP contribution in [0.25, 0.3) is 0 Å². The quantitative estimate of drug-likeness (QED) is 0.668. The first-order valence-corrected chi connectivity index (χ1v) is 5.76. The fraction of sp³-hybridized carbons (Fsp3) is 0.143. The van der Waals surface area contributed by atoms with Crippen molar-refractivity contribution in [2.45, 2.75) is 13.8 Å². The second kappa shape index (κ2) is 4.82. The van der Waals surface area contributed by atoms with Crippen molar-refractivity contribution in [3.05, 3.63) is 51.0 Å². The van der Waals surface area contributed by atoms with Gasteiger partial charge in [0.25, 0.3) is 0 Å². The topological polar surface area (TPSA) is 36.7 Å². The summed E-state index contributed by atoms with van der Waals surface area (Å²) >= 11 is 1.50. The minimum absolute atomic E-state index is 0.121. The average molecular weight is 244 g/mol. The molecular formula is C14H10N2S. The number of hydrogen-bond donors (Lipinski definition) is 0. The van der Waals surface area contributed by atoms with Crippen LogP contribution >= 0.6 is 11.3 Å². The van der Waals surface area contributed by atoms with E-state index in [4.69, 9.17) is 9.37 Å². The number of nitriles is 1. The van der Waals surface area contributed by atoms with Gasteiger partial charge >= 0.3 is 0 Å². The number of aromatic nitrogens is 1. The lowest BCUT2D eigenvalue weighted by Gasteiger charge is -1.95. The zero-order valence-electron chi connectivity index (χ0n) is 12.1. The Bertz CT molecular complexity index is 742. The van der Waals surface area contributed by atoms with Crippen molar-refractivity contribution in [1.29, 1.82) is 5.26 Å². The molecule has 0 fully saturated rings. The lowest BCUT2D eigenvalue weighted by molar-refractivity contribution is 1.27. The minimum atomic E-state index is -2.25. The van der Waals surface area contributed by atoms with E-state index >= 15 is 0 Å². The lowest BCUT2D eigenvalue weighted by Crippen LogP contribution is -1.82. The normalized spacial score (nSPS) is 12.6. The fourth-order valence-corrected chi connectivity index (χ4v) is 1.87. The van der Waals surface area contributed by atoms with Crippen LogP contribution in [0.2, 0.25) is 0 Å². The van der Waals surface area contributed by atoms with E-state index in [1.165, 1.54) is 23.5 Å². The molecule has 0 aliphatic rings. The van der Waals surface area contributed by atoms with E-state index in [2.05, 4.69) is 16.8 Å². The fourth-order valence-electron chi connectivity index (χ4n) is 1.32. The number of hydrogen-bond acceptors (Lipinski definition) is 3. The van der Waals surface area contributed by atoms with Gasteiger partial charge in [-0.3, -0.25) is 0 Å². The molecule has 1 heterocycles. The van der Waals surface area contributed by atoms with Crippen LogP contribution in [-0.4, -0.2) is 4.98 Å². The summed E-state index contributed by atoms with van der Waals surface area (Å²) in [6.45, 7) is -0.362. The van der Waals surface area contributed by atoms with Crippen LogP contribution in [0.3, 0.4) is 0 Å². The summed E-state index contributed by atoms with van der Waals surface area (Å²) < 4.78 is 22.2. The molecule has 0 saturated carbocycles. The Morgan fingerprint density at radius 3 is 2.76 bits per heavy atom. The first kappa shape index (κ1) is 8.06. The zero-order valence-corrected chi connectivity index (χ0v) is 9.93. The first-order valence-electron chi connectivity index (χ1n) is 6.38. The van der Waals surface area contributed by atoms with Crippen molar-refractivity contribution in [2.75, 3.05) is 0 Å². The van der Waals surface area contributed by atoms with Crippen LogP contribution in [0.5, 0.6) is 0 Å². The third kappa shape index (κ3) is 2.93. The number of rotatable bonds is 0. The Labute approximate surface area is 109 Å². The highest BCUT2D eigenvalue weighted by Crippen LogP contribution is 2.09. The van der Waals surface area contributed by atoms with Gasteiger partial charge in [-0.2, -0.15) is 5.26 Å². The number of thiazole rings is 1. The standard InChI is InChI=1S/C14H10N2S/c1-10-5-12(7-13(6-10)8-15)3-4-14-9-17-11(2)16-14/h5-7,9H,1-2H3/i1T3. The molecule has 17 heavy (non-hydrogen) atoms. The molecule has 0 aliphatic carbocycles. The molecule has 2 rings (SSSR count). The SMILES string of the molecule is [3H]C([3H])([3H])c1cc(C#N)cc(C#Cc2csc(C)n2)c1. The van der Waals surface area contributed by atoms with Gasteiger partial charge in [0, 0.05) is 15.1 Å². The summed E-state index contributed by atoms with van der Waals surface area (Å²) in [6.07, 6.45) is 0. The van der Waals surface area contributed by atoms with E-state index < -0.39 is 6.85 Å². The molecule has 0 radical (unpaired) electrons. The van der Waals surface area contributed by atoms with E-state index in [0.29, 0.717) is 11.3 Å². The molecular weight excluding hydrogens is 228 g/mol. The summed E-state index contributed by atoms with van der Waals surface area (Å²) in [5.41, 5.74) is 1.55. The lowest BCUT2D eigenvalue weighted by atomic mass is 10.1. The van der Waals surface area contributed by atoms with Gasteiger partial charge in [-0.15, -0.1) is 11.3 Å². The first-order chi connectivity index (χ1) is 9.38. The molecule has 0 unspecified atom stereocenters. The van der Waals surface area contributed by atoms with Crippen molar-refractivity contribution in [3.8, 4) is 17.9 Å². The van der Waals surface area contributed by atoms with Crippen LogP contribution in [0.4, 0.5) is 0 Å². The second-order valence-electron chi connectivity index (χ2n) is 3.41. The molecule has 0 N–H and O–H groups in total. The smallest absolute Gasteiger partial charge is 0.124 e. The predicted octanol–water partition coefficient (Wildman–Crippen LogP) is 3.03. The summed E-state index contributed by atoms with van der Waals surface area (Å²) in [5.74, 6) is 5.72. The maximum Gasteiger partial charge on any atom is 0.124 e. The highest BCUT2D eigenvalue weighted by molar-refractivity contribution is 7.09. The van der Waals surface area contributed by atoms with Gasteiger partial charge in [0.05, 0.1) is 16.6 Å². The largest absolute Gasteiger partial charge is 0.233 e. The van der Waals surface area contributed by atoms with Crippen molar-refractivity contribution in [2.24, 2.45) is 0 Å². The van der Waals surface area contributed by atoms with Crippen molar-refractivity contribution >= 4 is 11.3 Å². The predicted molar refractivity (Wildman–Crippen MR) is 68.7 cm³/mol. The number of nitrogens with zero attached hydrogens (tertiary/aromatic N) is 2.